The summed E-state index contributed by atoms with van der Waals surface area (Å²) in [5.74, 6) is -0.745. The highest BCUT2D eigenvalue weighted by molar-refractivity contribution is 7.80. The molecule has 18 heavy (non-hydrogen) atoms. The molecular formula is C12H14N2O3S. The molecule has 1 aromatic carbocycles. The van der Waals surface area contributed by atoms with Crippen molar-refractivity contribution in [2.45, 2.75) is 6.54 Å². The molecule has 6 heteroatoms. The summed E-state index contributed by atoms with van der Waals surface area (Å²) >= 11 is 4.78. The van der Waals surface area contributed by atoms with Crippen LogP contribution < -0.4 is 5.73 Å². The first kappa shape index (κ1) is 14.1. The second-order valence-corrected chi connectivity index (χ2v) is 4.28. The molecule has 0 bridgehead atoms. The average molecular weight is 266 g/mol. The van der Waals surface area contributed by atoms with Crippen molar-refractivity contribution in [2.24, 2.45) is 5.73 Å². The number of nitrogens with two attached hydrogens (primary N) is 1. The minimum absolute atomic E-state index is 0. The van der Waals surface area contributed by atoms with Gasteiger partial charge < -0.3 is 21.2 Å². The molecule has 0 aromatic heterocycles. The van der Waals surface area contributed by atoms with Gasteiger partial charge in [-0.3, -0.25) is 4.79 Å². The van der Waals surface area contributed by atoms with E-state index in [0.29, 0.717) is 12.1 Å². The highest BCUT2D eigenvalue weighted by atomic mass is 32.1. The molecule has 96 valence electrons. The van der Waals surface area contributed by atoms with Gasteiger partial charge in [-0.1, -0.05) is 42.5 Å². The Morgan fingerprint density at radius 1 is 1.39 bits per heavy atom. The van der Waals surface area contributed by atoms with Gasteiger partial charge in [0, 0.05) is 6.54 Å². The van der Waals surface area contributed by atoms with E-state index in [9.17, 15) is 9.90 Å². The van der Waals surface area contributed by atoms with Gasteiger partial charge in [-0.05, 0) is 5.56 Å². The van der Waals surface area contributed by atoms with Gasteiger partial charge in [-0.2, -0.15) is 0 Å². The average Bonchev–Trinajstić information content (AvgIpc) is 2.59. The smallest absolute Gasteiger partial charge is 0.289 e. The number of aliphatic hydroxyl groups is 1. The predicted octanol–water partition coefficient (Wildman–Crippen LogP) is 0.302. The maximum Gasteiger partial charge on any atom is 0.289 e. The molecule has 0 radical (unpaired) electrons. The van der Waals surface area contributed by atoms with Crippen LogP contribution in [0.25, 0.3) is 0 Å². The van der Waals surface area contributed by atoms with E-state index in [4.69, 9.17) is 18.0 Å². The van der Waals surface area contributed by atoms with Gasteiger partial charge in [0.05, 0.1) is 12.1 Å². The van der Waals surface area contributed by atoms with Gasteiger partial charge in [0.1, 0.15) is 4.99 Å². The minimum atomic E-state index is -0.420. The highest BCUT2D eigenvalue weighted by Gasteiger charge is 2.31. The Balaban J connectivity index is 0.00000162. The van der Waals surface area contributed by atoms with Gasteiger partial charge in [0.15, 0.2) is 5.76 Å². The summed E-state index contributed by atoms with van der Waals surface area (Å²) in [6.07, 6.45) is 0. The van der Waals surface area contributed by atoms with E-state index in [1.807, 2.05) is 30.3 Å². The third kappa shape index (κ3) is 2.66. The monoisotopic (exact) mass is 266 g/mol. The van der Waals surface area contributed by atoms with Crippen molar-refractivity contribution in [1.82, 2.24) is 4.90 Å². The second-order valence-electron chi connectivity index (χ2n) is 3.84. The van der Waals surface area contributed by atoms with E-state index in [-0.39, 0.29) is 22.8 Å². The topological polar surface area (TPSA) is 98.1 Å². The summed E-state index contributed by atoms with van der Waals surface area (Å²) in [7, 11) is 0. The van der Waals surface area contributed by atoms with Gasteiger partial charge in [0.25, 0.3) is 5.91 Å². The van der Waals surface area contributed by atoms with E-state index in [2.05, 4.69) is 0 Å². The molecule has 0 unspecified atom stereocenters. The quantitative estimate of drug-likeness (QED) is 0.769. The van der Waals surface area contributed by atoms with Crippen LogP contribution in [0, 0.1) is 0 Å². The van der Waals surface area contributed by atoms with Crippen LogP contribution in [0.3, 0.4) is 0 Å². The highest BCUT2D eigenvalue weighted by Crippen LogP contribution is 2.19. The molecule has 0 fully saturated rings. The van der Waals surface area contributed by atoms with Crippen LogP contribution in [-0.2, 0) is 11.3 Å². The predicted molar refractivity (Wildman–Crippen MR) is 71.9 cm³/mol. The number of aliphatic hydroxyl groups excluding tert-OH is 1. The minimum Gasteiger partial charge on any atom is -0.503 e. The fourth-order valence-electron chi connectivity index (χ4n) is 1.74. The number of benzene rings is 1. The summed E-state index contributed by atoms with van der Waals surface area (Å²) in [6, 6.07) is 9.55. The second kappa shape index (κ2) is 5.61. The first-order valence-corrected chi connectivity index (χ1v) is 5.55. The molecule has 5 N–H and O–H groups in total. The normalized spacial score (nSPS) is 14.7. The van der Waals surface area contributed by atoms with Crippen molar-refractivity contribution in [3.05, 3.63) is 47.2 Å². The molecule has 1 amide bonds. The number of thiocarbonyl (C=S) groups is 1. The number of amides is 1. The Bertz CT molecular complexity index is 499. The zero-order valence-electron chi connectivity index (χ0n) is 9.59. The summed E-state index contributed by atoms with van der Waals surface area (Å²) < 4.78 is 0. The Kier molecular flexibility index (Phi) is 4.41. The van der Waals surface area contributed by atoms with Gasteiger partial charge >= 0.3 is 0 Å². The molecule has 1 heterocycles. The molecule has 5 nitrogen and oxygen atoms in total. The molecule has 1 aliphatic heterocycles. The molecule has 1 aliphatic rings. The molecule has 0 atom stereocenters. The van der Waals surface area contributed by atoms with Crippen molar-refractivity contribution in [1.29, 1.82) is 0 Å². The Morgan fingerprint density at radius 2 is 2.00 bits per heavy atom. The lowest BCUT2D eigenvalue weighted by molar-refractivity contribution is -0.128. The number of nitrogens with zero attached hydrogens (tertiary/aromatic N) is 1. The number of rotatable bonds is 3. The van der Waals surface area contributed by atoms with Crippen LogP contribution in [0.15, 0.2) is 41.7 Å². The molecule has 0 spiro atoms. The molecule has 0 saturated heterocycles. The first-order valence-electron chi connectivity index (χ1n) is 5.14. The number of hydrogen-bond donors (Lipinski definition) is 2. The van der Waals surface area contributed by atoms with Crippen molar-refractivity contribution in [2.75, 3.05) is 6.54 Å². The molecular weight excluding hydrogens is 252 g/mol. The van der Waals surface area contributed by atoms with Crippen molar-refractivity contribution >= 4 is 23.1 Å². The maximum absolute atomic E-state index is 11.7. The summed E-state index contributed by atoms with van der Waals surface area (Å²) in [6.45, 7) is 0.713. The first-order chi connectivity index (χ1) is 8.09. The number of hydrogen-bond acceptors (Lipinski definition) is 3. The largest absolute Gasteiger partial charge is 0.503 e. The van der Waals surface area contributed by atoms with Gasteiger partial charge in [-0.25, -0.2) is 0 Å². The van der Waals surface area contributed by atoms with Crippen LogP contribution in [0.2, 0.25) is 0 Å². The van der Waals surface area contributed by atoms with Gasteiger partial charge in [0.2, 0.25) is 0 Å². The van der Waals surface area contributed by atoms with Gasteiger partial charge in [-0.15, -0.1) is 0 Å². The van der Waals surface area contributed by atoms with Crippen molar-refractivity contribution in [3.8, 4) is 0 Å². The SMILES string of the molecule is NC(=S)C1=C(O)C(=O)N(Cc2ccccc2)C1.O. The van der Waals surface area contributed by atoms with E-state index in [0.717, 1.165) is 5.56 Å². The third-order valence-electron chi connectivity index (χ3n) is 2.64. The summed E-state index contributed by atoms with van der Waals surface area (Å²) in [5.41, 5.74) is 6.79. The summed E-state index contributed by atoms with van der Waals surface area (Å²) in [4.78, 5) is 13.3. The Labute approximate surface area is 110 Å². The van der Waals surface area contributed by atoms with E-state index in [1.54, 1.807) is 0 Å². The lowest BCUT2D eigenvalue weighted by atomic mass is 10.2. The fraction of sp³-hybridized carbons (Fsp3) is 0.167. The van der Waals surface area contributed by atoms with Crippen LogP contribution in [-0.4, -0.2) is 32.9 Å². The molecule has 2 rings (SSSR count). The van der Waals surface area contributed by atoms with E-state index < -0.39 is 5.91 Å². The number of carbonyl (C=O) groups is 1. The fourth-order valence-corrected chi connectivity index (χ4v) is 1.90. The van der Waals surface area contributed by atoms with Crippen molar-refractivity contribution < 1.29 is 15.4 Å². The van der Waals surface area contributed by atoms with E-state index >= 15 is 0 Å². The van der Waals surface area contributed by atoms with Crippen LogP contribution in [0.1, 0.15) is 5.56 Å². The molecule has 0 aliphatic carbocycles. The third-order valence-corrected chi connectivity index (χ3v) is 2.88. The Hall–Kier alpha value is -1.92. The van der Waals surface area contributed by atoms with Crippen LogP contribution >= 0.6 is 12.2 Å². The molecule has 1 aromatic rings. The molecule has 0 saturated carbocycles. The van der Waals surface area contributed by atoms with Crippen LogP contribution in [0.4, 0.5) is 0 Å². The summed E-state index contributed by atoms with van der Waals surface area (Å²) in [5, 5.41) is 9.60. The number of carbonyl (C=O) groups excluding carboxylic acids is 1. The van der Waals surface area contributed by atoms with Crippen molar-refractivity contribution in [3.63, 3.8) is 0 Å². The zero-order valence-corrected chi connectivity index (χ0v) is 10.4. The van der Waals surface area contributed by atoms with Crippen LogP contribution in [0.5, 0.6) is 0 Å². The lowest BCUT2D eigenvalue weighted by Gasteiger charge is -2.15. The zero-order chi connectivity index (χ0) is 12.4. The maximum atomic E-state index is 11.7. The standard InChI is InChI=1S/C12H12N2O2S.H2O/c13-11(17)9-7-14(12(16)10(9)15)6-8-4-2-1-3-5-8;/h1-5,15H,6-7H2,(H2,13,17);1H2. The van der Waals surface area contributed by atoms with E-state index in [1.165, 1.54) is 4.90 Å². The Morgan fingerprint density at radius 3 is 2.50 bits per heavy atom. The lowest BCUT2D eigenvalue weighted by Crippen LogP contribution is -2.27.